The third-order valence-electron chi connectivity index (χ3n) is 1.08. The molecule has 9 heavy (non-hydrogen) atoms. The third kappa shape index (κ3) is 1.04. The summed E-state index contributed by atoms with van der Waals surface area (Å²) in [5.41, 5.74) is 1.42. The van der Waals surface area contributed by atoms with E-state index in [0.717, 1.165) is 5.69 Å². The molecule has 1 aromatic rings. The predicted molar refractivity (Wildman–Crippen MR) is 38.7 cm³/mol. The fourth-order valence-corrected chi connectivity index (χ4v) is 0.683. The minimum atomic E-state index is 0.674. The molecule has 0 aliphatic rings. The standard InChI is InChI=1S/C6H7BN2/c1-3-6-5(7)4-9(2)8-6/h3-4H,1H2,2H3. The van der Waals surface area contributed by atoms with E-state index in [1.165, 1.54) is 0 Å². The first kappa shape index (κ1) is 6.14. The maximum absolute atomic E-state index is 5.50. The Morgan fingerprint density at radius 3 is 2.78 bits per heavy atom. The molecule has 3 heteroatoms. The number of rotatable bonds is 1. The van der Waals surface area contributed by atoms with Crippen LogP contribution in [-0.2, 0) is 7.05 Å². The highest BCUT2D eigenvalue weighted by atomic mass is 15.2. The number of aromatic nitrogens is 2. The first-order chi connectivity index (χ1) is 4.24. The van der Waals surface area contributed by atoms with Gasteiger partial charge in [0.15, 0.2) is 0 Å². The van der Waals surface area contributed by atoms with E-state index in [0.29, 0.717) is 5.46 Å². The molecular weight excluding hydrogens is 111 g/mol. The van der Waals surface area contributed by atoms with E-state index in [1.807, 2.05) is 7.05 Å². The van der Waals surface area contributed by atoms with Gasteiger partial charge in [-0.05, 0) is 6.08 Å². The molecule has 1 heterocycles. The minimum Gasteiger partial charge on any atom is -0.276 e. The van der Waals surface area contributed by atoms with Crippen LogP contribution in [0.4, 0.5) is 0 Å². The molecule has 0 fully saturated rings. The quantitative estimate of drug-likeness (QED) is 0.469. The Kier molecular flexibility index (Phi) is 1.43. The van der Waals surface area contributed by atoms with Crippen molar-refractivity contribution >= 4 is 19.4 Å². The molecule has 0 spiro atoms. The molecule has 0 aromatic carbocycles. The van der Waals surface area contributed by atoms with Crippen molar-refractivity contribution in [3.8, 4) is 0 Å². The normalized spacial score (nSPS) is 9.44. The number of nitrogens with zero attached hydrogens (tertiary/aromatic N) is 2. The lowest BCUT2D eigenvalue weighted by molar-refractivity contribution is 0.765. The zero-order chi connectivity index (χ0) is 6.85. The van der Waals surface area contributed by atoms with E-state index in [4.69, 9.17) is 7.85 Å². The molecule has 0 unspecified atom stereocenters. The highest BCUT2D eigenvalue weighted by Gasteiger charge is 1.94. The van der Waals surface area contributed by atoms with Gasteiger partial charge in [-0.15, -0.1) is 0 Å². The van der Waals surface area contributed by atoms with Crippen molar-refractivity contribution in [2.75, 3.05) is 0 Å². The highest BCUT2D eigenvalue weighted by molar-refractivity contribution is 6.33. The zero-order valence-electron chi connectivity index (χ0n) is 5.33. The maximum atomic E-state index is 5.50. The second-order valence-corrected chi connectivity index (χ2v) is 1.85. The van der Waals surface area contributed by atoms with Gasteiger partial charge in [-0.2, -0.15) is 5.10 Å². The van der Waals surface area contributed by atoms with E-state index < -0.39 is 0 Å². The van der Waals surface area contributed by atoms with E-state index in [1.54, 1.807) is 17.0 Å². The summed E-state index contributed by atoms with van der Waals surface area (Å²) in [7, 11) is 7.32. The lowest BCUT2D eigenvalue weighted by Gasteiger charge is -1.82. The van der Waals surface area contributed by atoms with Gasteiger partial charge in [0.2, 0.25) is 0 Å². The predicted octanol–water partition coefficient (Wildman–Crippen LogP) is -0.143. The molecule has 0 saturated heterocycles. The topological polar surface area (TPSA) is 17.8 Å². The first-order valence-corrected chi connectivity index (χ1v) is 2.65. The summed E-state index contributed by atoms with van der Waals surface area (Å²) < 4.78 is 1.66. The fraction of sp³-hybridized carbons (Fsp3) is 0.167. The Morgan fingerprint density at radius 2 is 2.56 bits per heavy atom. The van der Waals surface area contributed by atoms with Crippen LogP contribution in [0.1, 0.15) is 5.69 Å². The molecule has 0 N–H and O–H groups in total. The average molecular weight is 118 g/mol. The molecule has 1 aromatic heterocycles. The van der Waals surface area contributed by atoms with Gasteiger partial charge in [0.25, 0.3) is 0 Å². The summed E-state index contributed by atoms with van der Waals surface area (Å²) in [6, 6.07) is 0. The van der Waals surface area contributed by atoms with Crippen molar-refractivity contribution in [1.29, 1.82) is 0 Å². The van der Waals surface area contributed by atoms with E-state index in [-0.39, 0.29) is 0 Å². The smallest absolute Gasteiger partial charge is 0.119 e. The second-order valence-electron chi connectivity index (χ2n) is 1.85. The fourth-order valence-electron chi connectivity index (χ4n) is 0.683. The summed E-state index contributed by atoms with van der Waals surface area (Å²) in [6.07, 6.45) is 3.38. The molecular formula is C6H7BN2. The maximum Gasteiger partial charge on any atom is 0.119 e. The van der Waals surface area contributed by atoms with Crippen LogP contribution in [0.15, 0.2) is 12.8 Å². The molecule has 2 radical (unpaired) electrons. The average Bonchev–Trinajstić information content (AvgIpc) is 2.10. The van der Waals surface area contributed by atoms with Gasteiger partial charge in [-0.3, -0.25) is 4.68 Å². The van der Waals surface area contributed by atoms with Crippen molar-refractivity contribution in [3.63, 3.8) is 0 Å². The zero-order valence-corrected chi connectivity index (χ0v) is 5.33. The monoisotopic (exact) mass is 118 g/mol. The second kappa shape index (κ2) is 2.09. The third-order valence-corrected chi connectivity index (χ3v) is 1.08. The van der Waals surface area contributed by atoms with Crippen molar-refractivity contribution in [2.24, 2.45) is 7.05 Å². The highest BCUT2D eigenvalue weighted by Crippen LogP contribution is 1.88. The summed E-state index contributed by atoms with van der Waals surface area (Å²) in [5.74, 6) is 0. The van der Waals surface area contributed by atoms with E-state index in [2.05, 4.69) is 11.7 Å². The van der Waals surface area contributed by atoms with Crippen LogP contribution in [0.2, 0.25) is 0 Å². The van der Waals surface area contributed by atoms with Gasteiger partial charge in [0, 0.05) is 13.2 Å². The van der Waals surface area contributed by atoms with Crippen LogP contribution in [0, 0.1) is 0 Å². The van der Waals surface area contributed by atoms with Crippen LogP contribution in [0.3, 0.4) is 0 Å². The van der Waals surface area contributed by atoms with E-state index >= 15 is 0 Å². The summed E-state index contributed by atoms with van der Waals surface area (Å²) in [4.78, 5) is 0. The van der Waals surface area contributed by atoms with Crippen molar-refractivity contribution in [3.05, 3.63) is 18.5 Å². The van der Waals surface area contributed by atoms with Crippen molar-refractivity contribution in [1.82, 2.24) is 9.78 Å². The molecule has 0 amide bonds. The van der Waals surface area contributed by atoms with Crippen molar-refractivity contribution in [2.45, 2.75) is 0 Å². The Hall–Kier alpha value is -0.985. The minimum absolute atomic E-state index is 0.674. The molecule has 0 atom stereocenters. The van der Waals surface area contributed by atoms with Crippen LogP contribution in [0.5, 0.6) is 0 Å². The Balaban J connectivity index is 3.15. The van der Waals surface area contributed by atoms with Gasteiger partial charge < -0.3 is 0 Å². The molecule has 2 nitrogen and oxygen atoms in total. The summed E-state index contributed by atoms with van der Waals surface area (Å²) >= 11 is 0. The molecule has 0 saturated carbocycles. The molecule has 0 aliphatic heterocycles. The van der Waals surface area contributed by atoms with Crippen LogP contribution in [-0.4, -0.2) is 17.6 Å². The van der Waals surface area contributed by atoms with Crippen LogP contribution < -0.4 is 5.46 Å². The lowest BCUT2D eigenvalue weighted by atomic mass is 9.97. The Labute approximate surface area is 55.6 Å². The summed E-state index contributed by atoms with van der Waals surface area (Å²) in [5, 5.41) is 4.00. The number of aryl methyl sites for hydroxylation is 1. The molecule has 0 bridgehead atoms. The lowest BCUT2D eigenvalue weighted by Crippen LogP contribution is -2.01. The first-order valence-electron chi connectivity index (χ1n) is 2.65. The number of hydrogen-bond acceptors (Lipinski definition) is 1. The SMILES string of the molecule is [B]c1cn(C)nc1C=C. The number of hydrogen-bond donors (Lipinski definition) is 0. The van der Waals surface area contributed by atoms with Gasteiger partial charge in [0.05, 0.1) is 5.69 Å². The summed E-state index contributed by atoms with van der Waals surface area (Å²) in [6.45, 7) is 3.55. The van der Waals surface area contributed by atoms with Crippen LogP contribution in [0.25, 0.3) is 6.08 Å². The Morgan fingerprint density at radius 1 is 1.89 bits per heavy atom. The Bertz CT molecular complexity index is 227. The molecule has 0 aliphatic carbocycles. The molecule has 44 valence electrons. The van der Waals surface area contributed by atoms with Crippen molar-refractivity contribution < 1.29 is 0 Å². The van der Waals surface area contributed by atoms with Gasteiger partial charge >= 0.3 is 0 Å². The van der Waals surface area contributed by atoms with E-state index in [9.17, 15) is 0 Å². The van der Waals surface area contributed by atoms with Gasteiger partial charge in [0.1, 0.15) is 7.85 Å². The largest absolute Gasteiger partial charge is 0.276 e. The van der Waals surface area contributed by atoms with Gasteiger partial charge in [-0.25, -0.2) is 0 Å². The molecule has 1 rings (SSSR count). The van der Waals surface area contributed by atoms with Crippen LogP contribution >= 0.6 is 0 Å². The van der Waals surface area contributed by atoms with Gasteiger partial charge in [-0.1, -0.05) is 12.0 Å².